The van der Waals surface area contributed by atoms with Crippen LogP contribution in [0.25, 0.3) is 0 Å². The van der Waals surface area contributed by atoms with Crippen molar-refractivity contribution in [3.63, 3.8) is 0 Å². The molecule has 2 nitrogen and oxygen atoms in total. The fourth-order valence-corrected chi connectivity index (χ4v) is 1.96. The maximum Gasteiger partial charge on any atom is 0.0509 e. The van der Waals surface area contributed by atoms with Gasteiger partial charge in [-0.25, -0.2) is 0 Å². The van der Waals surface area contributed by atoms with Gasteiger partial charge in [0.15, 0.2) is 0 Å². The third-order valence-electron chi connectivity index (χ3n) is 2.66. The van der Waals surface area contributed by atoms with Crippen molar-refractivity contribution >= 4 is 0 Å². The molecule has 1 aliphatic heterocycles. The average Bonchev–Trinajstić information content (AvgIpc) is 2.19. The van der Waals surface area contributed by atoms with Crippen molar-refractivity contribution in [2.75, 3.05) is 13.2 Å². The van der Waals surface area contributed by atoms with E-state index in [1.54, 1.807) is 0 Å². The molecule has 2 unspecified atom stereocenters. The molecule has 0 spiro atoms. The summed E-state index contributed by atoms with van der Waals surface area (Å²) in [5.74, 6) is 1.37. The first-order chi connectivity index (χ1) is 4.38. The Morgan fingerprint density at radius 1 is 1.11 bits per heavy atom. The van der Waals surface area contributed by atoms with Crippen molar-refractivity contribution in [3.8, 4) is 0 Å². The number of fused-ring (bicyclic) bond motifs is 2. The van der Waals surface area contributed by atoms with Crippen molar-refractivity contribution in [1.82, 2.24) is 0 Å². The van der Waals surface area contributed by atoms with E-state index in [0.29, 0.717) is 17.9 Å². The quantitative estimate of drug-likeness (QED) is 0.510. The van der Waals surface area contributed by atoms with E-state index in [1.807, 2.05) is 0 Å². The standard InChI is InChI=1S/C7H13NO/c8-7-5-1-2-6(7)4-9-3-5/h5-7H,1-4,8H2. The molecule has 2 rings (SSSR count). The normalized spacial score (nSPS) is 49.7. The van der Waals surface area contributed by atoms with Gasteiger partial charge in [-0.15, -0.1) is 0 Å². The minimum atomic E-state index is 0.457. The van der Waals surface area contributed by atoms with Crippen LogP contribution in [0, 0.1) is 11.8 Å². The van der Waals surface area contributed by atoms with Crippen LogP contribution in [0.1, 0.15) is 12.8 Å². The number of hydrogen-bond donors (Lipinski definition) is 1. The molecule has 2 heteroatoms. The molecule has 52 valence electrons. The molecule has 2 aliphatic rings. The maximum atomic E-state index is 5.90. The minimum Gasteiger partial charge on any atom is -0.381 e. The monoisotopic (exact) mass is 127 g/mol. The fraction of sp³-hybridized carbons (Fsp3) is 1.00. The van der Waals surface area contributed by atoms with Crippen LogP contribution < -0.4 is 5.73 Å². The molecular weight excluding hydrogens is 114 g/mol. The summed E-state index contributed by atoms with van der Waals surface area (Å²) >= 11 is 0. The lowest BCUT2D eigenvalue weighted by molar-refractivity contribution is 0.0342. The second-order valence-corrected chi connectivity index (χ2v) is 3.21. The Bertz CT molecular complexity index is 99.5. The highest BCUT2D eigenvalue weighted by molar-refractivity contribution is 4.90. The van der Waals surface area contributed by atoms with Crippen molar-refractivity contribution in [2.45, 2.75) is 18.9 Å². The highest BCUT2D eigenvalue weighted by atomic mass is 16.5. The summed E-state index contributed by atoms with van der Waals surface area (Å²) in [4.78, 5) is 0. The van der Waals surface area contributed by atoms with Crippen LogP contribution >= 0.6 is 0 Å². The maximum absolute atomic E-state index is 5.90. The topological polar surface area (TPSA) is 35.2 Å². The predicted molar refractivity (Wildman–Crippen MR) is 35.0 cm³/mol. The number of ether oxygens (including phenoxy) is 1. The highest BCUT2D eigenvalue weighted by Crippen LogP contribution is 2.33. The summed E-state index contributed by atoms with van der Waals surface area (Å²) in [7, 11) is 0. The van der Waals surface area contributed by atoms with Gasteiger partial charge in [-0.1, -0.05) is 0 Å². The van der Waals surface area contributed by atoms with Crippen LogP contribution in [0.5, 0.6) is 0 Å². The zero-order valence-electron chi connectivity index (χ0n) is 5.55. The number of rotatable bonds is 0. The van der Waals surface area contributed by atoms with Gasteiger partial charge >= 0.3 is 0 Å². The van der Waals surface area contributed by atoms with Gasteiger partial charge in [0.1, 0.15) is 0 Å². The second kappa shape index (κ2) is 1.96. The molecule has 0 aromatic rings. The summed E-state index contributed by atoms with van der Waals surface area (Å²) in [6, 6.07) is 0.457. The van der Waals surface area contributed by atoms with E-state index in [4.69, 9.17) is 10.5 Å². The first-order valence-corrected chi connectivity index (χ1v) is 3.71. The van der Waals surface area contributed by atoms with E-state index in [-0.39, 0.29) is 0 Å². The molecule has 0 radical (unpaired) electrons. The van der Waals surface area contributed by atoms with E-state index < -0.39 is 0 Å². The van der Waals surface area contributed by atoms with Crippen LogP contribution in [0.15, 0.2) is 0 Å². The van der Waals surface area contributed by atoms with Crippen LogP contribution in [-0.4, -0.2) is 19.3 Å². The summed E-state index contributed by atoms with van der Waals surface area (Å²) in [5, 5.41) is 0. The largest absolute Gasteiger partial charge is 0.381 e. The van der Waals surface area contributed by atoms with E-state index in [1.165, 1.54) is 12.8 Å². The Kier molecular flexibility index (Phi) is 1.24. The zero-order chi connectivity index (χ0) is 6.27. The molecule has 0 amide bonds. The summed E-state index contributed by atoms with van der Waals surface area (Å²) in [5.41, 5.74) is 5.90. The summed E-state index contributed by atoms with van der Waals surface area (Å²) in [6.45, 7) is 1.83. The van der Waals surface area contributed by atoms with E-state index >= 15 is 0 Å². The van der Waals surface area contributed by atoms with Gasteiger partial charge < -0.3 is 10.5 Å². The Hall–Kier alpha value is -0.0800. The van der Waals surface area contributed by atoms with Crippen LogP contribution in [0.3, 0.4) is 0 Å². The molecule has 2 atom stereocenters. The van der Waals surface area contributed by atoms with Crippen molar-refractivity contribution in [1.29, 1.82) is 0 Å². The molecular formula is C7H13NO. The first-order valence-electron chi connectivity index (χ1n) is 3.71. The lowest BCUT2D eigenvalue weighted by Gasteiger charge is -2.26. The van der Waals surface area contributed by atoms with E-state index in [0.717, 1.165) is 13.2 Å². The van der Waals surface area contributed by atoms with Gasteiger partial charge in [-0.2, -0.15) is 0 Å². The van der Waals surface area contributed by atoms with Crippen LogP contribution in [0.2, 0.25) is 0 Å². The second-order valence-electron chi connectivity index (χ2n) is 3.21. The van der Waals surface area contributed by atoms with Crippen LogP contribution in [0.4, 0.5) is 0 Å². The molecule has 2 N–H and O–H groups in total. The molecule has 1 aliphatic carbocycles. The molecule has 1 saturated heterocycles. The van der Waals surface area contributed by atoms with Gasteiger partial charge in [0.25, 0.3) is 0 Å². The fourth-order valence-electron chi connectivity index (χ4n) is 1.96. The van der Waals surface area contributed by atoms with Crippen molar-refractivity contribution in [2.24, 2.45) is 17.6 Å². The zero-order valence-corrected chi connectivity index (χ0v) is 5.55. The van der Waals surface area contributed by atoms with Crippen molar-refractivity contribution in [3.05, 3.63) is 0 Å². The SMILES string of the molecule is NC1C2CCC1COC2. The summed E-state index contributed by atoms with van der Waals surface area (Å²) in [6.07, 6.45) is 2.59. The molecule has 0 aromatic heterocycles. The number of hydrogen-bond acceptors (Lipinski definition) is 2. The predicted octanol–water partition coefficient (Wildman–Crippen LogP) is 0.370. The van der Waals surface area contributed by atoms with E-state index in [9.17, 15) is 0 Å². The molecule has 2 bridgehead atoms. The number of nitrogens with two attached hydrogens (primary N) is 1. The smallest absolute Gasteiger partial charge is 0.0509 e. The molecule has 1 saturated carbocycles. The molecule has 0 aromatic carbocycles. The third kappa shape index (κ3) is 0.775. The van der Waals surface area contributed by atoms with Gasteiger partial charge in [0.05, 0.1) is 13.2 Å². The van der Waals surface area contributed by atoms with Gasteiger partial charge in [0.2, 0.25) is 0 Å². The molecule has 1 heterocycles. The van der Waals surface area contributed by atoms with E-state index in [2.05, 4.69) is 0 Å². The lowest BCUT2D eigenvalue weighted by Crippen LogP contribution is -2.40. The molecule has 2 fully saturated rings. The first kappa shape index (κ1) is 5.69. The lowest BCUT2D eigenvalue weighted by atomic mass is 9.98. The van der Waals surface area contributed by atoms with Gasteiger partial charge in [-0.05, 0) is 24.7 Å². The summed E-state index contributed by atoms with van der Waals surface area (Å²) < 4.78 is 5.35. The Labute approximate surface area is 55.4 Å². The third-order valence-corrected chi connectivity index (χ3v) is 2.66. The van der Waals surface area contributed by atoms with Gasteiger partial charge in [0, 0.05) is 6.04 Å². The molecule has 9 heavy (non-hydrogen) atoms. The van der Waals surface area contributed by atoms with Crippen LogP contribution in [-0.2, 0) is 4.74 Å². The average molecular weight is 127 g/mol. The van der Waals surface area contributed by atoms with Crippen molar-refractivity contribution < 1.29 is 4.74 Å². The Morgan fingerprint density at radius 3 is 2.11 bits per heavy atom. The minimum absolute atomic E-state index is 0.457. The Balaban J connectivity index is 2.10. The highest BCUT2D eigenvalue weighted by Gasteiger charge is 2.36. The van der Waals surface area contributed by atoms with Gasteiger partial charge in [-0.3, -0.25) is 0 Å². The Morgan fingerprint density at radius 2 is 1.67 bits per heavy atom.